The molecule has 2 aromatic heterocycles. The number of imidazole rings is 1. The van der Waals surface area contributed by atoms with Crippen LogP contribution in [0.4, 0.5) is 0 Å². The van der Waals surface area contributed by atoms with Gasteiger partial charge in [0.15, 0.2) is 11.6 Å². The maximum Gasteiger partial charge on any atom is 0.174 e. The lowest BCUT2D eigenvalue weighted by molar-refractivity contribution is 0.0395. The Morgan fingerprint density at radius 1 is 1.12 bits per heavy atom. The Bertz CT molecular complexity index is 1390. The van der Waals surface area contributed by atoms with Gasteiger partial charge in [-0.3, -0.25) is 0 Å². The SMILES string of the molecule is Cc1cn(-c2ccc(/C=C/c3nc4n(n3)CCC[C@]4(O)c3ccc(C#N)cc3)cc2C)cn1. The Hall–Kier alpha value is -4.02. The summed E-state index contributed by atoms with van der Waals surface area (Å²) in [6.07, 6.45) is 9.05. The van der Waals surface area contributed by atoms with Gasteiger partial charge in [0.1, 0.15) is 5.60 Å². The van der Waals surface area contributed by atoms with E-state index in [1.165, 1.54) is 0 Å². The molecule has 0 bridgehead atoms. The van der Waals surface area contributed by atoms with Crippen LogP contribution in [0, 0.1) is 25.2 Å². The van der Waals surface area contributed by atoms with Gasteiger partial charge in [-0.2, -0.15) is 10.4 Å². The molecule has 0 saturated heterocycles. The highest BCUT2D eigenvalue weighted by Gasteiger charge is 2.39. The Kier molecular flexibility index (Phi) is 5.15. The first-order valence-corrected chi connectivity index (χ1v) is 10.9. The minimum Gasteiger partial charge on any atom is -0.377 e. The molecule has 1 N–H and O–H groups in total. The minimum absolute atomic E-state index is 0.542. The van der Waals surface area contributed by atoms with Crippen molar-refractivity contribution in [2.75, 3.05) is 0 Å². The van der Waals surface area contributed by atoms with Crippen LogP contribution in [0.1, 0.15) is 52.4 Å². The molecule has 0 unspecified atom stereocenters. The predicted molar refractivity (Wildman–Crippen MR) is 125 cm³/mol. The number of hydrogen-bond acceptors (Lipinski definition) is 5. The zero-order valence-electron chi connectivity index (χ0n) is 18.6. The summed E-state index contributed by atoms with van der Waals surface area (Å²) in [5.74, 6) is 1.10. The zero-order valence-corrected chi connectivity index (χ0v) is 18.6. The van der Waals surface area contributed by atoms with Gasteiger partial charge in [0.25, 0.3) is 0 Å². The summed E-state index contributed by atoms with van der Waals surface area (Å²) < 4.78 is 3.81. The van der Waals surface area contributed by atoms with Gasteiger partial charge in [0.05, 0.1) is 23.7 Å². The fourth-order valence-corrected chi connectivity index (χ4v) is 4.38. The van der Waals surface area contributed by atoms with E-state index in [1.54, 1.807) is 28.9 Å². The molecule has 0 aliphatic carbocycles. The van der Waals surface area contributed by atoms with Gasteiger partial charge in [-0.05, 0) is 73.7 Å². The number of aliphatic hydroxyl groups is 1. The number of nitriles is 1. The summed E-state index contributed by atoms with van der Waals surface area (Å²) >= 11 is 0. The van der Waals surface area contributed by atoms with Crippen LogP contribution in [0.3, 0.4) is 0 Å². The fourth-order valence-electron chi connectivity index (χ4n) is 4.38. The molecule has 1 atom stereocenters. The van der Waals surface area contributed by atoms with Crippen LogP contribution in [0.25, 0.3) is 17.8 Å². The second-order valence-electron chi connectivity index (χ2n) is 8.47. The predicted octanol–water partition coefficient (Wildman–Crippen LogP) is 4.15. The molecule has 1 aliphatic rings. The molecule has 7 heteroatoms. The van der Waals surface area contributed by atoms with Crippen molar-refractivity contribution in [1.29, 1.82) is 5.26 Å². The van der Waals surface area contributed by atoms with Crippen molar-refractivity contribution in [3.8, 4) is 11.8 Å². The molecule has 5 rings (SSSR count). The van der Waals surface area contributed by atoms with E-state index in [-0.39, 0.29) is 0 Å². The number of benzene rings is 2. The van der Waals surface area contributed by atoms with Crippen LogP contribution in [-0.4, -0.2) is 29.4 Å². The summed E-state index contributed by atoms with van der Waals surface area (Å²) in [6, 6.07) is 15.4. The van der Waals surface area contributed by atoms with E-state index in [4.69, 9.17) is 5.26 Å². The Labute approximate surface area is 192 Å². The average molecular weight is 437 g/mol. The van der Waals surface area contributed by atoms with Crippen molar-refractivity contribution in [2.24, 2.45) is 0 Å². The molecule has 164 valence electrons. The summed E-state index contributed by atoms with van der Waals surface area (Å²) in [4.78, 5) is 8.97. The molecule has 0 saturated carbocycles. The molecule has 4 aromatic rings. The number of fused-ring (bicyclic) bond motifs is 1. The largest absolute Gasteiger partial charge is 0.377 e. The quantitative estimate of drug-likeness (QED) is 0.519. The Balaban J connectivity index is 1.42. The third-order valence-electron chi connectivity index (χ3n) is 6.09. The van der Waals surface area contributed by atoms with Crippen molar-refractivity contribution in [3.63, 3.8) is 0 Å². The van der Waals surface area contributed by atoms with Crippen LogP contribution in [0.2, 0.25) is 0 Å². The number of hydrogen-bond donors (Lipinski definition) is 1. The molecular formula is C26H24N6O. The first kappa shape index (κ1) is 20.9. The number of nitrogens with zero attached hydrogens (tertiary/aromatic N) is 6. The zero-order chi connectivity index (χ0) is 23.0. The van der Waals surface area contributed by atoms with Crippen molar-refractivity contribution >= 4 is 12.2 Å². The Morgan fingerprint density at radius 2 is 1.94 bits per heavy atom. The highest BCUT2D eigenvalue weighted by molar-refractivity contribution is 5.68. The molecule has 0 spiro atoms. The lowest BCUT2D eigenvalue weighted by Crippen LogP contribution is -2.35. The minimum atomic E-state index is -1.22. The van der Waals surface area contributed by atoms with Crippen LogP contribution in [-0.2, 0) is 12.1 Å². The maximum absolute atomic E-state index is 11.5. The second kappa shape index (κ2) is 8.15. The van der Waals surface area contributed by atoms with Gasteiger partial charge in [-0.1, -0.05) is 24.3 Å². The van der Waals surface area contributed by atoms with Crippen molar-refractivity contribution in [3.05, 3.63) is 94.6 Å². The van der Waals surface area contributed by atoms with E-state index in [2.05, 4.69) is 46.3 Å². The Morgan fingerprint density at radius 3 is 2.64 bits per heavy atom. The van der Waals surface area contributed by atoms with Gasteiger partial charge >= 0.3 is 0 Å². The third-order valence-corrected chi connectivity index (χ3v) is 6.09. The molecule has 0 amide bonds. The van der Waals surface area contributed by atoms with Crippen LogP contribution in [0.5, 0.6) is 0 Å². The van der Waals surface area contributed by atoms with Crippen molar-refractivity contribution < 1.29 is 5.11 Å². The molecule has 1 aliphatic heterocycles. The molecule has 33 heavy (non-hydrogen) atoms. The van der Waals surface area contributed by atoms with Crippen LogP contribution >= 0.6 is 0 Å². The fraction of sp³-hybridized carbons (Fsp3) is 0.231. The lowest BCUT2D eigenvalue weighted by Gasteiger charge is -2.31. The topological polar surface area (TPSA) is 92.5 Å². The van der Waals surface area contributed by atoms with E-state index in [0.717, 1.165) is 34.5 Å². The summed E-state index contributed by atoms with van der Waals surface area (Å²) in [5, 5.41) is 25.2. The normalized spacial score (nSPS) is 17.8. The smallest absolute Gasteiger partial charge is 0.174 e. The van der Waals surface area contributed by atoms with Crippen LogP contribution < -0.4 is 0 Å². The molecule has 7 nitrogen and oxygen atoms in total. The molecule has 0 fully saturated rings. The van der Waals surface area contributed by atoms with E-state index in [1.807, 2.05) is 36.2 Å². The highest BCUT2D eigenvalue weighted by Crippen LogP contribution is 2.36. The lowest BCUT2D eigenvalue weighted by atomic mass is 9.86. The first-order chi connectivity index (χ1) is 16.0. The number of aromatic nitrogens is 5. The van der Waals surface area contributed by atoms with E-state index >= 15 is 0 Å². The summed E-state index contributed by atoms with van der Waals surface area (Å²) in [7, 11) is 0. The number of aryl methyl sites for hydroxylation is 3. The van der Waals surface area contributed by atoms with Gasteiger partial charge in [-0.15, -0.1) is 0 Å². The standard InChI is InChI=1S/C26H24N6O/c1-18-14-20(6-10-23(18)31-16-19(2)28-17-31)7-11-24-29-25-26(33,12-3-13-32(25)30-24)22-8-4-21(15-27)5-9-22/h4-11,14,16-17,33H,3,12-13H2,1-2H3/b11-7+/t26-/m0/s1. The van der Waals surface area contributed by atoms with E-state index in [0.29, 0.717) is 30.2 Å². The van der Waals surface area contributed by atoms with Crippen molar-refractivity contribution in [2.45, 2.75) is 38.8 Å². The monoisotopic (exact) mass is 436 g/mol. The maximum atomic E-state index is 11.5. The molecule has 2 aromatic carbocycles. The van der Waals surface area contributed by atoms with Crippen molar-refractivity contribution in [1.82, 2.24) is 24.3 Å². The number of rotatable bonds is 4. The van der Waals surface area contributed by atoms with Gasteiger partial charge in [-0.25, -0.2) is 14.6 Å². The molecule has 3 heterocycles. The van der Waals surface area contributed by atoms with Gasteiger partial charge < -0.3 is 9.67 Å². The van der Waals surface area contributed by atoms with E-state index < -0.39 is 5.60 Å². The van der Waals surface area contributed by atoms with Crippen LogP contribution in [0.15, 0.2) is 55.0 Å². The highest BCUT2D eigenvalue weighted by atomic mass is 16.3. The molecular weight excluding hydrogens is 412 g/mol. The van der Waals surface area contributed by atoms with Gasteiger partial charge in [0.2, 0.25) is 0 Å². The summed E-state index contributed by atoms with van der Waals surface area (Å²) in [5.41, 5.74) is 4.33. The summed E-state index contributed by atoms with van der Waals surface area (Å²) in [6.45, 7) is 4.77. The first-order valence-electron chi connectivity index (χ1n) is 10.9. The van der Waals surface area contributed by atoms with E-state index in [9.17, 15) is 5.11 Å². The second-order valence-corrected chi connectivity index (χ2v) is 8.47. The molecule has 0 radical (unpaired) electrons. The third kappa shape index (κ3) is 3.86. The van der Waals surface area contributed by atoms with Gasteiger partial charge in [0, 0.05) is 18.4 Å². The average Bonchev–Trinajstić information content (AvgIpc) is 3.45.